The summed E-state index contributed by atoms with van der Waals surface area (Å²) in [6.45, 7) is 1.21. The largest absolute Gasteiger partial charge is 0.370 e. The molecule has 0 aliphatic carbocycles. The summed E-state index contributed by atoms with van der Waals surface area (Å²) in [6, 6.07) is 17.5. The predicted molar refractivity (Wildman–Crippen MR) is 103 cm³/mol. The molecule has 3 rings (SSSR count). The van der Waals surface area contributed by atoms with E-state index in [4.69, 9.17) is 21.9 Å². The fraction of sp³-hybridized carbons (Fsp3) is 0.211. The molecule has 1 heterocycles. The van der Waals surface area contributed by atoms with Crippen molar-refractivity contribution in [2.24, 2.45) is 10.7 Å². The van der Waals surface area contributed by atoms with Gasteiger partial charge < -0.3 is 15.6 Å². The van der Waals surface area contributed by atoms with Crippen LogP contribution in [0.1, 0.15) is 11.5 Å². The molecular weight excluding hydrogens is 350 g/mol. The maximum atomic E-state index is 5.98. The van der Waals surface area contributed by atoms with E-state index >= 15 is 0 Å². The first-order valence-corrected chi connectivity index (χ1v) is 8.75. The molecule has 7 heteroatoms. The van der Waals surface area contributed by atoms with E-state index in [1.54, 1.807) is 12.1 Å². The van der Waals surface area contributed by atoms with E-state index in [2.05, 4.69) is 32.6 Å². The molecular formula is C19H20ClN5O. The summed E-state index contributed by atoms with van der Waals surface area (Å²) in [7, 11) is 0. The van der Waals surface area contributed by atoms with Gasteiger partial charge in [0.25, 0.3) is 0 Å². The summed E-state index contributed by atoms with van der Waals surface area (Å²) >= 11 is 5.98. The smallest absolute Gasteiger partial charge is 0.228 e. The Morgan fingerprint density at radius 1 is 1.12 bits per heavy atom. The van der Waals surface area contributed by atoms with Crippen LogP contribution < -0.4 is 11.1 Å². The number of aliphatic imine (C=N–C) groups is 1. The van der Waals surface area contributed by atoms with Crippen molar-refractivity contribution in [2.75, 3.05) is 13.1 Å². The third kappa shape index (κ3) is 5.32. The zero-order chi connectivity index (χ0) is 18.2. The van der Waals surface area contributed by atoms with Gasteiger partial charge in [-0.25, -0.2) is 0 Å². The second-order valence-corrected chi connectivity index (χ2v) is 6.14. The van der Waals surface area contributed by atoms with E-state index in [0.717, 1.165) is 18.5 Å². The molecule has 0 bridgehead atoms. The number of benzene rings is 2. The summed E-state index contributed by atoms with van der Waals surface area (Å²) < 4.78 is 5.25. The number of nitrogens with one attached hydrogen (secondary N) is 1. The molecule has 0 amide bonds. The highest BCUT2D eigenvalue weighted by molar-refractivity contribution is 6.30. The fourth-order valence-electron chi connectivity index (χ4n) is 2.41. The van der Waals surface area contributed by atoms with Crippen LogP contribution >= 0.6 is 11.6 Å². The first-order chi connectivity index (χ1) is 12.7. The van der Waals surface area contributed by atoms with Gasteiger partial charge in [-0.3, -0.25) is 4.99 Å². The standard InChI is InChI=1S/C19H20ClN5O/c20-16-8-4-7-15(13-16)18-24-17(26-25-18)10-12-23-19(21)22-11-9-14-5-2-1-3-6-14/h1-8,13H,9-12H2,(H3,21,22,23). The van der Waals surface area contributed by atoms with Gasteiger partial charge >= 0.3 is 0 Å². The monoisotopic (exact) mass is 369 g/mol. The van der Waals surface area contributed by atoms with Crippen LogP contribution in [-0.4, -0.2) is 29.2 Å². The van der Waals surface area contributed by atoms with Crippen LogP contribution in [0.15, 0.2) is 64.1 Å². The van der Waals surface area contributed by atoms with E-state index in [9.17, 15) is 0 Å². The molecule has 2 aromatic carbocycles. The van der Waals surface area contributed by atoms with Crippen molar-refractivity contribution in [1.82, 2.24) is 15.5 Å². The molecule has 0 saturated heterocycles. The number of hydrogen-bond donors (Lipinski definition) is 2. The van der Waals surface area contributed by atoms with Crippen molar-refractivity contribution in [3.05, 3.63) is 71.1 Å². The van der Waals surface area contributed by atoms with E-state index in [0.29, 0.717) is 35.7 Å². The third-order valence-corrected chi connectivity index (χ3v) is 3.96. The van der Waals surface area contributed by atoms with Gasteiger partial charge in [0.05, 0.1) is 6.54 Å². The van der Waals surface area contributed by atoms with Gasteiger partial charge in [0.15, 0.2) is 5.96 Å². The Labute approximate surface area is 157 Å². The van der Waals surface area contributed by atoms with Crippen LogP contribution in [0, 0.1) is 0 Å². The van der Waals surface area contributed by atoms with Gasteiger partial charge in [-0.05, 0) is 24.1 Å². The highest BCUT2D eigenvalue weighted by atomic mass is 35.5. The molecule has 0 aliphatic heterocycles. The molecule has 0 saturated carbocycles. The van der Waals surface area contributed by atoms with E-state index in [1.165, 1.54) is 5.56 Å². The minimum atomic E-state index is 0.413. The Balaban J connectivity index is 1.44. The van der Waals surface area contributed by atoms with Gasteiger partial charge in [0.2, 0.25) is 11.7 Å². The van der Waals surface area contributed by atoms with Crippen LogP contribution in [-0.2, 0) is 12.8 Å². The highest BCUT2D eigenvalue weighted by Gasteiger charge is 2.08. The van der Waals surface area contributed by atoms with E-state index < -0.39 is 0 Å². The zero-order valence-electron chi connectivity index (χ0n) is 14.2. The Kier molecular flexibility index (Phi) is 6.22. The summed E-state index contributed by atoms with van der Waals surface area (Å²) in [5, 5.41) is 7.70. The van der Waals surface area contributed by atoms with Crippen molar-refractivity contribution in [1.29, 1.82) is 0 Å². The van der Waals surface area contributed by atoms with Gasteiger partial charge in [-0.2, -0.15) is 4.98 Å². The average Bonchev–Trinajstić information content (AvgIpc) is 3.12. The molecule has 134 valence electrons. The lowest BCUT2D eigenvalue weighted by Crippen LogP contribution is -2.33. The van der Waals surface area contributed by atoms with Gasteiger partial charge in [-0.1, -0.05) is 59.2 Å². The molecule has 3 aromatic rings. The van der Waals surface area contributed by atoms with Crippen molar-refractivity contribution in [2.45, 2.75) is 12.8 Å². The average molecular weight is 370 g/mol. The predicted octanol–water partition coefficient (Wildman–Crippen LogP) is 3.08. The van der Waals surface area contributed by atoms with Gasteiger partial charge in [-0.15, -0.1) is 0 Å². The van der Waals surface area contributed by atoms with Crippen molar-refractivity contribution < 1.29 is 4.52 Å². The molecule has 0 fully saturated rings. The Bertz CT molecular complexity index is 863. The SMILES string of the molecule is NC(=NCCc1nc(-c2cccc(Cl)c2)no1)NCCc1ccccc1. The summed E-state index contributed by atoms with van der Waals surface area (Å²) in [5.41, 5.74) is 7.95. The second-order valence-electron chi connectivity index (χ2n) is 5.70. The normalized spacial score (nSPS) is 11.5. The van der Waals surface area contributed by atoms with Gasteiger partial charge in [0.1, 0.15) is 0 Å². The lowest BCUT2D eigenvalue weighted by Gasteiger charge is -2.05. The van der Waals surface area contributed by atoms with Gasteiger partial charge in [0, 0.05) is 23.6 Å². The number of guanidine groups is 1. The van der Waals surface area contributed by atoms with E-state index in [-0.39, 0.29) is 0 Å². The first kappa shape index (κ1) is 17.9. The number of nitrogens with zero attached hydrogens (tertiary/aromatic N) is 3. The molecule has 0 aliphatic rings. The number of rotatable bonds is 7. The van der Waals surface area contributed by atoms with Crippen LogP contribution in [0.4, 0.5) is 0 Å². The second kappa shape index (κ2) is 9.01. The highest BCUT2D eigenvalue weighted by Crippen LogP contribution is 2.19. The van der Waals surface area contributed by atoms with Crippen molar-refractivity contribution in [3.63, 3.8) is 0 Å². The Morgan fingerprint density at radius 3 is 2.77 bits per heavy atom. The van der Waals surface area contributed by atoms with Crippen LogP contribution in [0.5, 0.6) is 0 Å². The van der Waals surface area contributed by atoms with Crippen LogP contribution in [0.2, 0.25) is 5.02 Å². The fourth-order valence-corrected chi connectivity index (χ4v) is 2.60. The quantitative estimate of drug-likeness (QED) is 0.493. The number of halogens is 1. The first-order valence-electron chi connectivity index (χ1n) is 8.37. The number of aromatic nitrogens is 2. The summed E-state index contributed by atoms with van der Waals surface area (Å²) in [5.74, 6) is 1.44. The molecule has 3 N–H and O–H groups in total. The summed E-state index contributed by atoms with van der Waals surface area (Å²) in [6.07, 6.45) is 1.42. The molecule has 0 spiro atoms. The molecule has 0 atom stereocenters. The minimum Gasteiger partial charge on any atom is -0.370 e. The minimum absolute atomic E-state index is 0.413. The third-order valence-electron chi connectivity index (χ3n) is 3.72. The zero-order valence-corrected chi connectivity index (χ0v) is 15.0. The number of hydrogen-bond acceptors (Lipinski definition) is 4. The topological polar surface area (TPSA) is 89.3 Å². The lowest BCUT2D eigenvalue weighted by molar-refractivity contribution is 0.380. The van der Waals surface area contributed by atoms with Crippen LogP contribution in [0.25, 0.3) is 11.4 Å². The molecule has 26 heavy (non-hydrogen) atoms. The summed E-state index contributed by atoms with van der Waals surface area (Å²) in [4.78, 5) is 8.63. The van der Waals surface area contributed by atoms with Crippen molar-refractivity contribution in [3.8, 4) is 11.4 Å². The molecule has 0 unspecified atom stereocenters. The maximum absolute atomic E-state index is 5.98. The Morgan fingerprint density at radius 2 is 1.96 bits per heavy atom. The number of nitrogens with two attached hydrogens (primary N) is 1. The molecule has 6 nitrogen and oxygen atoms in total. The lowest BCUT2D eigenvalue weighted by atomic mass is 10.1. The molecule has 1 aromatic heterocycles. The maximum Gasteiger partial charge on any atom is 0.228 e. The van der Waals surface area contributed by atoms with E-state index in [1.807, 2.05) is 30.3 Å². The molecule has 0 radical (unpaired) electrons. The van der Waals surface area contributed by atoms with Crippen molar-refractivity contribution >= 4 is 17.6 Å². The van der Waals surface area contributed by atoms with Crippen LogP contribution in [0.3, 0.4) is 0 Å². The Hall–Kier alpha value is -2.86.